The Hall–Kier alpha value is -1.94. The fourth-order valence-corrected chi connectivity index (χ4v) is 2.81. The Morgan fingerprint density at radius 3 is 2.68 bits per heavy atom. The van der Waals surface area contributed by atoms with Gasteiger partial charge in [0.25, 0.3) is 0 Å². The molecule has 2 aromatic rings. The highest BCUT2D eigenvalue weighted by molar-refractivity contribution is 5.85. The topological polar surface area (TPSA) is 55.1 Å². The molecule has 1 aromatic heterocycles. The molecule has 1 N–H and O–H groups in total. The highest BCUT2D eigenvalue weighted by Crippen LogP contribution is 2.34. The maximum atomic E-state index is 11.2. The van der Waals surface area contributed by atoms with Crippen molar-refractivity contribution < 1.29 is 9.90 Å². The molecular formula is C15H16N2O2. The van der Waals surface area contributed by atoms with Gasteiger partial charge in [0.1, 0.15) is 0 Å². The lowest BCUT2D eigenvalue weighted by Gasteiger charge is -2.18. The van der Waals surface area contributed by atoms with Gasteiger partial charge in [-0.05, 0) is 19.3 Å². The van der Waals surface area contributed by atoms with Crippen molar-refractivity contribution in [1.82, 2.24) is 9.78 Å². The molecule has 0 aliphatic heterocycles. The van der Waals surface area contributed by atoms with Gasteiger partial charge in [-0.25, -0.2) is 0 Å². The summed E-state index contributed by atoms with van der Waals surface area (Å²) in [4.78, 5) is 11.2. The van der Waals surface area contributed by atoms with Crippen LogP contribution >= 0.6 is 0 Å². The van der Waals surface area contributed by atoms with Gasteiger partial charge in [-0.3, -0.25) is 9.48 Å². The Morgan fingerprint density at radius 1 is 1.26 bits per heavy atom. The number of hydrogen-bond acceptors (Lipinski definition) is 3. The predicted octanol–water partition coefficient (Wildman–Crippen LogP) is 2.45. The monoisotopic (exact) mass is 256 g/mol. The maximum absolute atomic E-state index is 11.2. The summed E-state index contributed by atoms with van der Waals surface area (Å²) in [6.45, 7) is 0. The van der Waals surface area contributed by atoms with Gasteiger partial charge in [0.2, 0.25) is 0 Å². The highest BCUT2D eigenvalue weighted by atomic mass is 16.3. The predicted molar refractivity (Wildman–Crippen MR) is 71.9 cm³/mol. The molecule has 3 rings (SSSR count). The van der Waals surface area contributed by atoms with Crippen molar-refractivity contribution in [3.63, 3.8) is 0 Å². The average Bonchev–Trinajstić information content (AvgIpc) is 3.05. The normalized spacial score (nSPS) is 22.6. The summed E-state index contributed by atoms with van der Waals surface area (Å²) in [7, 11) is 0. The Kier molecular flexibility index (Phi) is 3.17. The number of hydrogen-bond donors (Lipinski definition) is 1. The lowest BCUT2D eigenvalue weighted by Crippen LogP contribution is -2.20. The molecule has 4 heteroatoms. The first-order valence-electron chi connectivity index (χ1n) is 6.57. The van der Waals surface area contributed by atoms with Crippen molar-refractivity contribution >= 4 is 6.29 Å². The van der Waals surface area contributed by atoms with E-state index in [1.165, 1.54) is 0 Å². The zero-order valence-corrected chi connectivity index (χ0v) is 10.6. The van der Waals surface area contributed by atoms with Crippen LogP contribution in [0.1, 0.15) is 35.7 Å². The molecule has 1 heterocycles. The number of aldehydes is 1. The van der Waals surface area contributed by atoms with E-state index < -0.39 is 0 Å². The summed E-state index contributed by atoms with van der Waals surface area (Å²) >= 11 is 0. The molecule has 0 amide bonds. The van der Waals surface area contributed by atoms with Crippen LogP contribution in [0.3, 0.4) is 0 Å². The molecule has 1 aliphatic rings. The largest absolute Gasteiger partial charge is 0.391 e. The number of nitrogens with zero attached hydrogens (tertiary/aromatic N) is 2. The van der Waals surface area contributed by atoms with E-state index in [-0.39, 0.29) is 12.1 Å². The van der Waals surface area contributed by atoms with E-state index >= 15 is 0 Å². The number of aliphatic hydroxyl groups excluding tert-OH is 1. The average molecular weight is 256 g/mol. The Balaban J connectivity index is 2.11. The summed E-state index contributed by atoms with van der Waals surface area (Å²) in [5.41, 5.74) is 2.34. The minimum absolute atomic E-state index is 0.0242. The van der Waals surface area contributed by atoms with Gasteiger partial charge in [0.05, 0.1) is 29.6 Å². The molecule has 0 bridgehead atoms. The summed E-state index contributed by atoms with van der Waals surface area (Å²) < 4.78 is 1.82. The van der Waals surface area contributed by atoms with Gasteiger partial charge < -0.3 is 5.11 Å². The van der Waals surface area contributed by atoms with Gasteiger partial charge in [-0.15, -0.1) is 0 Å². The molecule has 1 fully saturated rings. The van der Waals surface area contributed by atoms with Crippen molar-refractivity contribution in [3.8, 4) is 11.3 Å². The fourth-order valence-electron chi connectivity index (χ4n) is 2.81. The van der Waals surface area contributed by atoms with Crippen LogP contribution < -0.4 is 0 Å². The first-order chi connectivity index (χ1) is 9.31. The molecule has 19 heavy (non-hydrogen) atoms. The van der Waals surface area contributed by atoms with Gasteiger partial charge in [0.15, 0.2) is 6.29 Å². The zero-order chi connectivity index (χ0) is 13.2. The van der Waals surface area contributed by atoms with E-state index in [0.29, 0.717) is 5.56 Å². The second-order valence-electron chi connectivity index (χ2n) is 4.94. The first kappa shape index (κ1) is 12.1. The Labute approximate surface area is 111 Å². The van der Waals surface area contributed by atoms with E-state index in [2.05, 4.69) is 5.10 Å². The first-order valence-corrected chi connectivity index (χ1v) is 6.57. The van der Waals surface area contributed by atoms with E-state index in [1.54, 1.807) is 6.20 Å². The molecular weight excluding hydrogens is 240 g/mol. The number of carbonyl (C=O) groups is 1. The maximum Gasteiger partial charge on any atom is 0.153 e. The summed E-state index contributed by atoms with van der Waals surface area (Å²) in [5.74, 6) is 0. The van der Waals surface area contributed by atoms with Crippen LogP contribution in [0.5, 0.6) is 0 Å². The fraction of sp³-hybridized carbons (Fsp3) is 0.333. The third-order valence-electron chi connectivity index (χ3n) is 3.76. The van der Waals surface area contributed by atoms with Gasteiger partial charge in [-0.2, -0.15) is 5.10 Å². The van der Waals surface area contributed by atoms with E-state index in [1.807, 2.05) is 35.0 Å². The second kappa shape index (κ2) is 4.97. The van der Waals surface area contributed by atoms with Crippen molar-refractivity contribution in [3.05, 3.63) is 42.1 Å². The van der Waals surface area contributed by atoms with Crippen LogP contribution in [-0.2, 0) is 0 Å². The van der Waals surface area contributed by atoms with E-state index in [4.69, 9.17) is 0 Å². The Bertz CT molecular complexity index is 577. The number of carbonyl (C=O) groups excluding carboxylic acids is 1. The number of aliphatic hydroxyl groups is 1. The van der Waals surface area contributed by atoms with Crippen LogP contribution in [-0.4, -0.2) is 27.3 Å². The summed E-state index contributed by atoms with van der Waals surface area (Å²) in [5, 5.41) is 14.4. The van der Waals surface area contributed by atoms with Crippen molar-refractivity contribution in [2.75, 3.05) is 0 Å². The molecule has 0 saturated heterocycles. The SMILES string of the molecule is O=Cc1cnn(C2CCCC2O)c1-c1ccccc1. The third kappa shape index (κ3) is 2.08. The smallest absolute Gasteiger partial charge is 0.153 e. The molecule has 4 nitrogen and oxygen atoms in total. The van der Waals surface area contributed by atoms with Crippen LogP contribution in [0.25, 0.3) is 11.3 Å². The second-order valence-corrected chi connectivity index (χ2v) is 4.94. The lowest BCUT2D eigenvalue weighted by atomic mass is 10.1. The molecule has 0 radical (unpaired) electrons. The standard InChI is InChI=1S/C15H16N2O2/c18-10-12-9-16-17(13-7-4-8-14(13)19)15(12)11-5-2-1-3-6-11/h1-3,5-6,9-10,13-14,19H,4,7-8H2. The van der Waals surface area contributed by atoms with Crippen molar-refractivity contribution in [1.29, 1.82) is 0 Å². The van der Waals surface area contributed by atoms with Crippen molar-refractivity contribution in [2.45, 2.75) is 31.4 Å². The molecule has 2 atom stereocenters. The molecule has 0 spiro atoms. The molecule has 98 valence electrons. The minimum Gasteiger partial charge on any atom is -0.391 e. The molecule has 2 unspecified atom stereocenters. The molecule has 1 aromatic carbocycles. The van der Waals surface area contributed by atoms with Gasteiger partial charge in [0, 0.05) is 5.56 Å². The number of rotatable bonds is 3. The van der Waals surface area contributed by atoms with E-state index in [9.17, 15) is 9.90 Å². The zero-order valence-electron chi connectivity index (χ0n) is 10.6. The van der Waals surface area contributed by atoms with Crippen molar-refractivity contribution in [2.24, 2.45) is 0 Å². The summed E-state index contributed by atoms with van der Waals surface area (Å²) in [6.07, 6.45) is 4.74. The summed E-state index contributed by atoms with van der Waals surface area (Å²) in [6, 6.07) is 9.71. The van der Waals surface area contributed by atoms with Crippen LogP contribution in [0.2, 0.25) is 0 Å². The van der Waals surface area contributed by atoms with Crippen LogP contribution in [0, 0.1) is 0 Å². The quantitative estimate of drug-likeness (QED) is 0.858. The van der Waals surface area contributed by atoms with E-state index in [0.717, 1.165) is 36.8 Å². The Morgan fingerprint density at radius 2 is 2.05 bits per heavy atom. The molecule has 1 aliphatic carbocycles. The van der Waals surface area contributed by atoms with Crippen LogP contribution in [0.15, 0.2) is 36.5 Å². The highest BCUT2D eigenvalue weighted by Gasteiger charge is 2.30. The lowest BCUT2D eigenvalue weighted by molar-refractivity contribution is 0.112. The number of benzene rings is 1. The van der Waals surface area contributed by atoms with Crippen LogP contribution in [0.4, 0.5) is 0 Å². The van der Waals surface area contributed by atoms with Gasteiger partial charge in [-0.1, -0.05) is 30.3 Å². The minimum atomic E-state index is -0.373. The van der Waals surface area contributed by atoms with Gasteiger partial charge >= 0.3 is 0 Å². The molecule has 1 saturated carbocycles. The number of aromatic nitrogens is 2. The third-order valence-corrected chi connectivity index (χ3v) is 3.76.